The molecule has 0 amide bonds. The molecule has 8 nitrogen and oxygen atoms in total. The molecule has 1 rings (SSSR count). The van der Waals surface area contributed by atoms with E-state index in [1.54, 1.807) is 14.0 Å². The van der Waals surface area contributed by atoms with Crippen molar-refractivity contribution in [3.63, 3.8) is 0 Å². The average Bonchev–Trinajstić information content (AvgIpc) is 2.59. The van der Waals surface area contributed by atoms with Crippen LogP contribution in [-0.4, -0.2) is 45.5 Å². The molecule has 0 saturated heterocycles. The fraction of sp³-hybridized carbons (Fsp3) is 0.667. The fourth-order valence-electron chi connectivity index (χ4n) is 1.32. The molecule has 0 fully saturated rings. The first-order chi connectivity index (χ1) is 8.00. The Balaban J connectivity index is 2.38. The Morgan fingerprint density at radius 2 is 2.35 bits per heavy atom. The van der Waals surface area contributed by atoms with E-state index in [0.29, 0.717) is 19.6 Å². The van der Waals surface area contributed by atoms with Crippen LogP contribution in [-0.2, 0) is 7.05 Å². The van der Waals surface area contributed by atoms with Crippen LogP contribution in [0, 0.1) is 10.1 Å². The predicted molar refractivity (Wildman–Crippen MR) is 62.9 cm³/mol. The lowest BCUT2D eigenvalue weighted by atomic mass is 10.4. The van der Waals surface area contributed by atoms with E-state index in [1.165, 1.54) is 10.9 Å². The Kier molecular flexibility index (Phi) is 4.85. The molecule has 0 spiro atoms. The highest BCUT2D eigenvalue weighted by molar-refractivity contribution is 5.54. The van der Waals surface area contributed by atoms with E-state index in [4.69, 9.17) is 5.11 Å². The number of nitrogens with one attached hydrogen (secondary N) is 2. The SMILES string of the molecule is CC(O)CNCCNc1nn(C)cc1[N+](=O)[O-]. The molecule has 1 atom stereocenters. The largest absolute Gasteiger partial charge is 0.392 e. The van der Waals surface area contributed by atoms with Crippen LogP contribution in [0.3, 0.4) is 0 Å². The molecule has 8 heteroatoms. The molecule has 0 radical (unpaired) electrons. The van der Waals surface area contributed by atoms with Gasteiger partial charge in [-0.3, -0.25) is 14.8 Å². The van der Waals surface area contributed by atoms with Gasteiger partial charge in [-0.05, 0) is 6.92 Å². The Labute approximate surface area is 98.8 Å². The third-order valence-electron chi connectivity index (χ3n) is 2.04. The normalized spacial score (nSPS) is 12.4. The molecule has 0 aliphatic heterocycles. The summed E-state index contributed by atoms with van der Waals surface area (Å²) in [7, 11) is 1.63. The molecule has 1 heterocycles. The van der Waals surface area contributed by atoms with E-state index in [0.717, 1.165) is 0 Å². The highest BCUT2D eigenvalue weighted by Gasteiger charge is 2.17. The second-order valence-corrected chi connectivity index (χ2v) is 3.77. The maximum atomic E-state index is 10.7. The monoisotopic (exact) mass is 243 g/mol. The Morgan fingerprint density at radius 3 is 2.94 bits per heavy atom. The van der Waals surface area contributed by atoms with Gasteiger partial charge in [-0.25, -0.2) is 0 Å². The maximum absolute atomic E-state index is 10.7. The van der Waals surface area contributed by atoms with Gasteiger partial charge in [0.2, 0.25) is 5.82 Å². The first-order valence-corrected chi connectivity index (χ1v) is 5.31. The van der Waals surface area contributed by atoms with Crippen molar-refractivity contribution in [2.24, 2.45) is 7.05 Å². The topological polar surface area (TPSA) is 105 Å². The number of rotatable bonds is 7. The predicted octanol–water partition coefficient (Wildman–Crippen LogP) is -0.289. The molecule has 0 aromatic carbocycles. The average molecular weight is 243 g/mol. The van der Waals surface area contributed by atoms with Gasteiger partial charge in [0.05, 0.1) is 11.0 Å². The Hall–Kier alpha value is -1.67. The van der Waals surface area contributed by atoms with Crippen molar-refractivity contribution in [1.82, 2.24) is 15.1 Å². The molecule has 96 valence electrons. The standard InChI is InChI=1S/C9H17N5O3/c1-7(15)5-10-3-4-11-9-8(14(16)17)6-13(2)12-9/h6-7,10,15H,3-5H2,1-2H3,(H,11,12). The van der Waals surface area contributed by atoms with Gasteiger partial charge in [0, 0.05) is 26.7 Å². The summed E-state index contributed by atoms with van der Waals surface area (Å²) in [5.74, 6) is 0.261. The number of anilines is 1. The lowest BCUT2D eigenvalue weighted by Gasteiger charge is -2.06. The van der Waals surface area contributed by atoms with Gasteiger partial charge < -0.3 is 15.7 Å². The van der Waals surface area contributed by atoms with Crippen LogP contribution in [0.15, 0.2) is 6.20 Å². The molecule has 0 saturated carbocycles. The number of aryl methyl sites for hydroxylation is 1. The lowest BCUT2D eigenvalue weighted by Crippen LogP contribution is -2.29. The number of nitrogens with zero attached hydrogens (tertiary/aromatic N) is 3. The second-order valence-electron chi connectivity index (χ2n) is 3.77. The van der Waals surface area contributed by atoms with Crippen molar-refractivity contribution in [1.29, 1.82) is 0 Å². The highest BCUT2D eigenvalue weighted by atomic mass is 16.6. The van der Waals surface area contributed by atoms with E-state index < -0.39 is 11.0 Å². The third kappa shape index (κ3) is 4.37. The van der Waals surface area contributed by atoms with Crippen LogP contribution in [0.4, 0.5) is 11.5 Å². The van der Waals surface area contributed by atoms with Crippen LogP contribution in [0.1, 0.15) is 6.92 Å². The Bertz CT molecular complexity index is 377. The molecule has 0 bridgehead atoms. The molecular weight excluding hydrogens is 226 g/mol. The molecule has 0 aliphatic carbocycles. The lowest BCUT2D eigenvalue weighted by molar-refractivity contribution is -0.384. The molecule has 17 heavy (non-hydrogen) atoms. The van der Waals surface area contributed by atoms with Crippen molar-refractivity contribution in [3.8, 4) is 0 Å². The van der Waals surface area contributed by atoms with Gasteiger partial charge in [-0.15, -0.1) is 5.10 Å². The number of hydrogen-bond acceptors (Lipinski definition) is 6. The van der Waals surface area contributed by atoms with Gasteiger partial charge >= 0.3 is 5.69 Å². The van der Waals surface area contributed by atoms with Gasteiger partial charge in [0.25, 0.3) is 0 Å². The van der Waals surface area contributed by atoms with Gasteiger partial charge in [-0.1, -0.05) is 0 Å². The zero-order chi connectivity index (χ0) is 12.8. The van der Waals surface area contributed by atoms with Crippen LogP contribution in [0.5, 0.6) is 0 Å². The smallest absolute Gasteiger partial charge is 0.330 e. The van der Waals surface area contributed by atoms with Gasteiger partial charge in [0.1, 0.15) is 6.20 Å². The summed E-state index contributed by atoms with van der Waals surface area (Å²) in [5, 5.41) is 29.5. The minimum atomic E-state index is -0.474. The van der Waals surface area contributed by atoms with Gasteiger partial charge in [-0.2, -0.15) is 0 Å². The summed E-state index contributed by atoms with van der Waals surface area (Å²) in [6.07, 6.45) is 0.949. The molecule has 1 unspecified atom stereocenters. The van der Waals surface area contributed by atoms with E-state index in [-0.39, 0.29) is 11.5 Å². The van der Waals surface area contributed by atoms with E-state index in [1.807, 2.05) is 0 Å². The molecular formula is C9H17N5O3. The minimum Gasteiger partial charge on any atom is -0.392 e. The third-order valence-corrected chi connectivity index (χ3v) is 2.04. The number of aliphatic hydroxyl groups is 1. The summed E-state index contributed by atoms with van der Waals surface area (Å²) in [4.78, 5) is 10.2. The zero-order valence-corrected chi connectivity index (χ0v) is 9.88. The fourth-order valence-corrected chi connectivity index (χ4v) is 1.32. The molecule has 1 aromatic rings. The molecule has 3 N–H and O–H groups in total. The Morgan fingerprint density at radius 1 is 1.65 bits per heavy atom. The second kappa shape index (κ2) is 6.16. The van der Waals surface area contributed by atoms with E-state index in [9.17, 15) is 10.1 Å². The summed E-state index contributed by atoms with van der Waals surface area (Å²) in [5.41, 5.74) is -0.0389. The summed E-state index contributed by atoms with van der Waals surface area (Å²) in [6.45, 7) is 3.28. The van der Waals surface area contributed by atoms with Crippen LogP contribution < -0.4 is 10.6 Å². The van der Waals surface area contributed by atoms with Crippen molar-refractivity contribution in [3.05, 3.63) is 16.3 Å². The quantitative estimate of drug-likeness (QED) is 0.345. The van der Waals surface area contributed by atoms with Crippen molar-refractivity contribution >= 4 is 11.5 Å². The van der Waals surface area contributed by atoms with Crippen molar-refractivity contribution in [2.45, 2.75) is 13.0 Å². The van der Waals surface area contributed by atoms with Crippen LogP contribution in [0.25, 0.3) is 0 Å². The minimum absolute atomic E-state index is 0.0389. The zero-order valence-electron chi connectivity index (χ0n) is 9.88. The number of hydrogen-bond donors (Lipinski definition) is 3. The first-order valence-electron chi connectivity index (χ1n) is 5.31. The van der Waals surface area contributed by atoms with E-state index in [2.05, 4.69) is 15.7 Å². The summed E-state index contributed by atoms with van der Waals surface area (Å²) >= 11 is 0. The number of nitro groups is 1. The summed E-state index contributed by atoms with van der Waals surface area (Å²) < 4.78 is 1.39. The van der Waals surface area contributed by atoms with Crippen LogP contribution in [0.2, 0.25) is 0 Å². The maximum Gasteiger partial charge on any atom is 0.330 e. The highest BCUT2D eigenvalue weighted by Crippen LogP contribution is 2.20. The van der Waals surface area contributed by atoms with Crippen molar-refractivity contribution in [2.75, 3.05) is 25.0 Å². The van der Waals surface area contributed by atoms with E-state index >= 15 is 0 Å². The number of aromatic nitrogens is 2. The number of aliphatic hydroxyl groups excluding tert-OH is 1. The van der Waals surface area contributed by atoms with Crippen LogP contribution >= 0.6 is 0 Å². The summed E-state index contributed by atoms with van der Waals surface area (Å²) in [6, 6.07) is 0. The molecule has 1 aromatic heterocycles. The van der Waals surface area contributed by atoms with Crippen molar-refractivity contribution < 1.29 is 10.0 Å². The first kappa shape index (κ1) is 13.4. The molecule has 0 aliphatic rings. The van der Waals surface area contributed by atoms with Gasteiger partial charge in [0.15, 0.2) is 0 Å².